The Labute approximate surface area is 148 Å². The lowest BCUT2D eigenvalue weighted by molar-refractivity contribution is 0.0697. The number of nitrogens with zero attached hydrogens (tertiary/aromatic N) is 5. The minimum atomic E-state index is -1.04. The van der Waals surface area contributed by atoms with E-state index in [1.807, 2.05) is 13.8 Å². The number of hydrogen-bond acceptors (Lipinski definition) is 6. The maximum Gasteiger partial charge on any atom is 0.338 e. The quantitative estimate of drug-likeness (QED) is 0.722. The highest BCUT2D eigenvalue weighted by Gasteiger charge is 2.25. The van der Waals surface area contributed by atoms with Gasteiger partial charge in [-0.3, -0.25) is 4.98 Å². The van der Waals surface area contributed by atoms with Crippen molar-refractivity contribution < 1.29 is 9.90 Å². The molecule has 128 valence electrons. The van der Waals surface area contributed by atoms with Gasteiger partial charge in [-0.2, -0.15) is 5.10 Å². The van der Waals surface area contributed by atoms with E-state index in [9.17, 15) is 4.79 Å². The summed E-state index contributed by atoms with van der Waals surface area (Å²) in [6.45, 7) is 3.84. The average Bonchev–Trinajstić information content (AvgIpc) is 3.06. The molecule has 25 heavy (non-hydrogen) atoms. The second kappa shape index (κ2) is 6.48. The van der Waals surface area contributed by atoms with Gasteiger partial charge in [0.05, 0.1) is 40.4 Å². The van der Waals surface area contributed by atoms with Crippen LogP contribution in [0.5, 0.6) is 0 Å². The Balaban J connectivity index is 1.80. The Bertz CT molecular complexity index is 907. The van der Waals surface area contributed by atoms with Crippen LogP contribution in [-0.2, 0) is 5.54 Å². The standard InChI is InChI=1S/C16H15ClN6O2/c1-16(2,13-12(17)4-3-5-18-13)22-15-19-7-11(8-20-15)23-9-10(6-21-23)14(24)25/h3-9H,1-2H3,(H,24,25)(H,19,20,22). The van der Waals surface area contributed by atoms with Crippen LogP contribution in [0.2, 0.25) is 5.02 Å². The minimum absolute atomic E-state index is 0.0909. The molecule has 0 aliphatic carbocycles. The summed E-state index contributed by atoms with van der Waals surface area (Å²) < 4.78 is 1.40. The highest BCUT2D eigenvalue weighted by Crippen LogP contribution is 2.28. The van der Waals surface area contributed by atoms with Gasteiger partial charge in [0.2, 0.25) is 5.95 Å². The van der Waals surface area contributed by atoms with Gasteiger partial charge < -0.3 is 10.4 Å². The Morgan fingerprint density at radius 2 is 1.96 bits per heavy atom. The molecule has 0 aromatic carbocycles. The van der Waals surface area contributed by atoms with Crippen LogP contribution in [0.25, 0.3) is 5.69 Å². The fraction of sp³-hybridized carbons (Fsp3) is 0.188. The summed E-state index contributed by atoms with van der Waals surface area (Å²) in [6, 6.07) is 3.54. The topological polar surface area (TPSA) is 106 Å². The average molecular weight is 359 g/mol. The maximum absolute atomic E-state index is 10.9. The van der Waals surface area contributed by atoms with E-state index in [0.29, 0.717) is 22.4 Å². The van der Waals surface area contributed by atoms with E-state index in [2.05, 4.69) is 25.4 Å². The molecule has 0 unspecified atom stereocenters. The number of aromatic nitrogens is 5. The summed E-state index contributed by atoms with van der Waals surface area (Å²) in [4.78, 5) is 23.7. The molecule has 3 rings (SSSR count). The largest absolute Gasteiger partial charge is 0.478 e. The summed E-state index contributed by atoms with van der Waals surface area (Å²) in [5, 5.41) is 16.7. The van der Waals surface area contributed by atoms with Crippen molar-refractivity contribution >= 4 is 23.5 Å². The van der Waals surface area contributed by atoms with Crippen molar-refractivity contribution in [3.63, 3.8) is 0 Å². The monoisotopic (exact) mass is 358 g/mol. The van der Waals surface area contributed by atoms with Gasteiger partial charge in [0.15, 0.2) is 0 Å². The van der Waals surface area contributed by atoms with E-state index >= 15 is 0 Å². The summed E-state index contributed by atoms with van der Waals surface area (Å²) in [5.74, 6) is -0.652. The molecule has 0 fully saturated rings. The molecule has 0 atom stereocenters. The van der Waals surface area contributed by atoms with Crippen molar-refractivity contribution in [2.24, 2.45) is 0 Å². The number of anilines is 1. The van der Waals surface area contributed by atoms with Gasteiger partial charge in [-0.1, -0.05) is 11.6 Å². The molecular formula is C16H15ClN6O2. The molecule has 3 aromatic heterocycles. The number of aromatic carboxylic acids is 1. The van der Waals surface area contributed by atoms with Crippen LogP contribution < -0.4 is 5.32 Å². The normalized spacial score (nSPS) is 11.3. The lowest BCUT2D eigenvalue weighted by Gasteiger charge is -2.26. The number of halogens is 1. The van der Waals surface area contributed by atoms with Gasteiger partial charge in [-0.15, -0.1) is 0 Å². The Morgan fingerprint density at radius 3 is 2.56 bits per heavy atom. The van der Waals surface area contributed by atoms with Crippen molar-refractivity contribution in [3.05, 3.63) is 59.4 Å². The molecule has 0 bridgehead atoms. The number of carboxylic acid groups (broad SMARTS) is 1. The van der Waals surface area contributed by atoms with E-state index in [-0.39, 0.29) is 5.56 Å². The van der Waals surface area contributed by atoms with E-state index in [1.54, 1.807) is 30.7 Å². The van der Waals surface area contributed by atoms with Crippen LogP contribution in [-0.4, -0.2) is 35.8 Å². The highest BCUT2D eigenvalue weighted by atomic mass is 35.5. The van der Waals surface area contributed by atoms with Crippen molar-refractivity contribution in [1.29, 1.82) is 0 Å². The smallest absolute Gasteiger partial charge is 0.338 e. The van der Waals surface area contributed by atoms with Gasteiger partial charge in [0.1, 0.15) is 5.69 Å². The summed E-state index contributed by atoms with van der Waals surface area (Å²) in [5.41, 5.74) is 0.740. The molecule has 3 heterocycles. The second-order valence-electron chi connectivity index (χ2n) is 5.83. The van der Waals surface area contributed by atoms with Gasteiger partial charge in [-0.25, -0.2) is 19.4 Å². The van der Waals surface area contributed by atoms with Crippen molar-refractivity contribution in [3.8, 4) is 5.69 Å². The summed E-state index contributed by atoms with van der Waals surface area (Å²) in [7, 11) is 0. The zero-order valence-corrected chi connectivity index (χ0v) is 14.3. The first kappa shape index (κ1) is 16.8. The van der Waals surface area contributed by atoms with E-state index < -0.39 is 11.5 Å². The predicted molar refractivity (Wildman–Crippen MR) is 92.0 cm³/mol. The third kappa shape index (κ3) is 3.58. The third-order valence-electron chi connectivity index (χ3n) is 3.51. The van der Waals surface area contributed by atoms with Crippen LogP contribution >= 0.6 is 11.6 Å². The van der Waals surface area contributed by atoms with Crippen LogP contribution in [0, 0.1) is 0 Å². The van der Waals surface area contributed by atoms with Gasteiger partial charge in [0.25, 0.3) is 0 Å². The van der Waals surface area contributed by atoms with E-state index in [0.717, 1.165) is 0 Å². The number of nitrogens with one attached hydrogen (secondary N) is 1. The molecule has 0 saturated carbocycles. The van der Waals surface area contributed by atoms with E-state index in [4.69, 9.17) is 16.7 Å². The van der Waals surface area contributed by atoms with Crippen LogP contribution in [0.4, 0.5) is 5.95 Å². The predicted octanol–water partition coefficient (Wildman–Crippen LogP) is 2.76. The third-order valence-corrected chi connectivity index (χ3v) is 3.81. The maximum atomic E-state index is 10.9. The first-order valence-corrected chi connectivity index (χ1v) is 7.74. The summed E-state index contributed by atoms with van der Waals surface area (Å²) in [6.07, 6.45) is 7.42. The second-order valence-corrected chi connectivity index (χ2v) is 6.23. The molecule has 0 aliphatic heterocycles. The molecule has 0 saturated heterocycles. The Kier molecular flexibility index (Phi) is 4.37. The number of carboxylic acids is 1. The zero-order chi connectivity index (χ0) is 18.0. The lowest BCUT2D eigenvalue weighted by Crippen LogP contribution is -2.30. The Morgan fingerprint density at radius 1 is 1.24 bits per heavy atom. The van der Waals surface area contributed by atoms with Gasteiger partial charge in [-0.05, 0) is 26.0 Å². The molecule has 8 nitrogen and oxygen atoms in total. The minimum Gasteiger partial charge on any atom is -0.478 e. The molecule has 0 aliphatic rings. The lowest BCUT2D eigenvalue weighted by atomic mass is 10.00. The Hall–Kier alpha value is -3.00. The number of rotatable bonds is 5. The molecular weight excluding hydrogens is 344 g/mol. The summed E-state index contributed by atoms with van der Waals surface area (Å²) >= 11 is 6.21. The van der Waals surface area contributed by atoms with Crippen LogP contribution in [0.1, 0.15) is 29.9 Å². The van der Waals surface area contributed by atoms with Gasteiger partial charge in [0, 0.05) is 12.4 Å². The number of pyridine rings is 1. The van der Waals surface area contributed by atoms with Gasteiger partial charge >= 0.3 is 5.97 Å². The van der Waals surface area contributed by atoms with E-state index in [1.165, 1.54) is 17.1 Å². The first-order valence-electron chi connectivity index (χ1n) is 7.36. The molecule has 2 N–H and O–H groups in total. The molecule has 0 amide bonds. The fourth-order valence-corrected chi connectivity index (χ4v) is 2.62. The van der Waals surface area contributed by atoms with Crippen molar-refractivity contribution in [2.45, 2.75) is 19.4 Å². The zero-order valence-electron chi connectivity index (χ0n) is 13.5. The number of hydrogen-bond donors (Lipinski definition) is 2. The van der Waals surface area contributed by atoms with Crippen molar-refractivity contribution in [2.75, 3.05) is 5.32 Å². The molecule has 0 radical (unpaired) electrons. The first-order chi connectivity index (χ1) is 11.9. The molecule has 9 heteroatoms. The number of carbonyl (C=O) groups is 1. The highest BCUT2D eigenvalue weighted by molar-refractivity contribution is 6.31. The van der Waals surface area contributed by atoms with Crippen molar-refractivity contribution in [1.82, 2.24) is 24.7 Å². The molecule has 3 aromatic rings. The van der Waals surface area contributed by atoms with Crippen LogP contribution in [0.3, 0.4) is 0 Å². The molecule has 0 spiro atoms. The van der Waals surface area contributed by atoms with Crippen LogP contribution in [0.15, 0.2) is 43.1 Å². The SMILES string of the molecule is CC(C)(Nc1ncc(-n2cc(C(=O)O)cn2)cn1)c1ncccc1Cl. The fourth-order valence-electron chi connectivity index (χ4n) is 2.26.